The number of nitrogens with one attached hydrogen (secondary N) is 1. The summed E-state index contributed by atoms with van der Waals surface area (Å²) in [5, 5.41) is 8.21. The van der Waals surface area contributed by atoms with Crippen LogP contribution in [0.25, 0.3) is 16.6 Å². The number of para-hydroxylation sites is 1. The molecule has 0 bridgehead atoms. The second-order valence-corrected chi connectivity index (χ2v) is 9.06. The quantitative estimate of drug-likeness (QED) is 0.416. The van der Waals surface area contributed by atoms with E-state index in [9.17, 15) is 9.59 Å². The minimum Gasteiger partial charge on any atom is -0.452 e. The molecule has 5 rings (SSSR count). The fourth-order valence-electron chi connectivity index (χ4n) is 4.79. The normalized spacial score (nSPS) is 12.9. The molecule has 2 aromatic carbocycles. The summed E-state index contributed by atoms with van der Waals surface area (Å²) < 4.78 is 7.33. The van der Waals surface area contributed by atoms with Crippen LogP contribution in [0.2, 0.25) is 0 Å². The van der Waals surface area contributed by atoms with Crippen molar-refractivity contribution in [2.75, 3.05) is 11.9 Å². The van der Waals surface area contributed by atoms with Gasteiger partial charge in [-0.05, 0) is 76.3 Å². The highest BCUT2D eigenvalue weighted by atomic mass is 16.5. The number of carbonyl (C=O) groups is 2. The van der Waals surface area contributed by atoms with Crippen molar-refractivity contribution in [2.45, 2.75) is 46.5 Å². The first-order chi connectivity index (χ1) is 16.9. The van der Waals surface area contributed by atoms with Crippen LogP contribution in [0.4, 0.5) is 5.69 Å². The molecule has 1 amide bonds. The van der Waals surface area contributed by atoms with Crippen molar-refractivity contribution in [3.8, 4) is 5.69 Å². The first kappa shape index (κ1) is 22.8. The molecule has 35 heavy (non-hydrogen) atoms. The summed E-state index contributed by atoms with van der Waals surface area (Å²) in [4.78, 5) is 30.8. The summed E-state index contributed by atoms with van der Waals surface area (Å²) >= 11 is 0. The van der Waals surface area contributed by atoms with Crippen molar-refractivity contribution in [3.05, 3.63) is 82.3 Å². The van der Waals surface area contributed by atoms with Crippen molar-refractivity contribution in [3.63, 3.8) is 0 Å². The molecule has 7 heteroatoms. The van der Waals surface area contributed by atoms with Crippen molar-refractivity contribution >= 4 is 28.5 Å². The molecule has 7 nitrogen and oxygen atoms in total. The van der Waals surface area contributed by atoms with Gasteiger partial charge in [0.05, 0.1) is 33.8 Å². The third-order valence-corrected chi connectivity index (χ3v) is 6.51. The van der Waals surface area contributed by atoms with Crippen molar-refractivity contribution < 1.29 is 14.3 Å². The Hall–Kier alpha value is -4.00. The topological polar surface area (TPSA) is 86.1 Å². The van der Waals surface area contributed by atoms with Crippen molar-refractivity contribution in [1.82, 2.24) is 14.8 Å². The molecule has 1 aliphatic rings. The fourth-order valence-corrected chi connectivity index (χ4v) is 4.79. The molecular weight excluding hydrogens is 440 g/mol. The second-order valence-electron chi connectivity index (χ2n) is 9.06. The van der Waals surface area contributed by atoms with E-state index in [-0.39, 0.29) is 6.61 Å². The highest BCUT2D eigenvalue weighted by molar-refractivity contribution is 6.06. The lowest BCUT2D eigenvalue weighted by atomic mass is 9.89. The standard InChI is InChI=1S/C28H28N4O3/c1-17-13-14-24-22(15-17)26(21-11-7-8-12-23(21)29-24)28(34)35-16-25(33)30-27-18(2)31-32(19(27)3)20-9-5-4-6-10-20/h4-6,9-10,13-15H,7-8,11-12,16H2,1-3H3,(H,30,33). The highest BCUT2D eigenvalue weighted by Crippen LogP contribution is 2.30. The lowest BCUT2D eigenvalue weighted by molar-refractivity contribution is -0.119. The van der Waals surface area contributed by atoms with Gasteiger partial charge in [0.2, 0.25) is 0 Å². The number of ether oxygens (including phenoxy) is 1. The molecule has 4 aromatic rings. The molecule has 2 heterocycles. The number of nitrogens with zero attached hydrogens (tertiary/aromatic N) is 3. The number of fused-ring (bicyclic) bond motifs is 2. The Morgan fingerprint density at radius 1 is 1.03 bits per heavy atom. The van der Waals surface area contributed by atoms with Gasteiger partial charge in [0.1, 0.15) is 0 Å². The summed E-state index contributed by atoms with van der Waals surface area (Å²) in [7, 11) is 0. The summed E-state index contributed by atoms with van der Waals surface area (Å²) in [5.41, 5.74) is 7.32. The number of carbonyl (C=O) groups excluding carboxylic acids is 2. The van der Waals surface area contributed by atoms with Crippen LogP contribution in [-0.2, 0) is 22.4 Å². The van der Waals surface area contributed by atoms with Crippen molar-refractivity contribution in [2.24, 2.45) is 0 Å². The molecule has 2 aromatic heterocycles. The zero-order valence-electron chi connectivity index (χ0n) is 20.2. The van der Waals surface area contributed by atoms with Crippen LogP contribution < -0.4 is 5.32 Å². The Bertz CT molecular complexity index is 1440. The predicted octanol–water partition coefficient (Wildman–Crippen LogP) is 5.02. The van der Waals surface area contributed by atoms with Gasteiger partial charge in [0, 0.05) is 11.1 Å². The number of esters is 1. The average molecular weight is 469 g/mol. The number of aryl methyl sites for hydroxylation is 3. The molecule has 0 fully saturated rings. The highest BCUT2D eigenvalue weighted by Gasteiger charge is 2.25. The van der Waals surface area contributed by atoms with Crippen LogP contribution in [0, 0.1) is 20.8 Å². The van der Waals surface area contributed by atoms with E-state index in [1.54, 1.807) is 4.68 Å². The van der Waals surface area contributed by atoms with E-state index in [0.29, 0.717) is 16.9 Å². The minimum absolute atomic E-state index is 0.376. The van der Waals surface area contributed by atoms with Crippen LogP contribution in [0.15, 0.2) is 48.5 Å². The predicted molar refractivity (Wildman–Crippen MR) is 135 cm³/mol. The summed E-state index contributed by atoms with van der Waals surface area (Å²) in [5.74, 6) is -0.884. The summed E-state index contributed by atoms with van der Waals surface area (Å²) in [6.07, 6.45) is 3.71. The first-order valence-corrected chi connectivity index (χ1v) is 11.9. The van der Waals surface area contributed by atoms with Gasteiger partial charge in [-0.3, -0.25) is 9.78 Å². The number of benzene rings is 2. The van der Waals surface area contributed by atoms with E-state index in [0.717, 1.165) is 64.8 Å². The third-order valence-electron chi connectivity index (χ3n) is 6.51. The van der Waals surface area contributed by atoms with Crippen LogP contribution >= 0.6 is 0 Å². The van der Waals surface area contributed by atoms with Gasteiger partial charge in [-0.15, -0.1) is 0 Å². The fraction of sp³-hybridized carbons (Fsp3) is 0.286. The molecule has 0 atom stereocenters. The van der Waals surface area contributed by atoms with Crippen LogP contribution in [0.3, 0.4) is 0 Å². The molecule has 0 spiro atoms. The van der Waals surface area contributed by atoms with Crippen LogP contribution in [0.5, 0.6) is 0 Å². The van der Waals surface area contributed by atoms with Crippen molar-refractivity contribution in [1.29, 1.82) is 0 Å². The Balaban J connectivity index is 1.36. The molecule has 0 saturated heterocycles. The summed E-state index contributed by atoms with van der Waals surface area (Å²) in [6, 6.07) is 15.6. The zero-order valence-corrected chi connectivity index (χ0v) is 20.2. The van der Waals surface area contributed by atoms with Crippen LogP contribution in [-0.4, -0.2) is 33.2 Å². The van der Waals surface area contributed by atoms with E-state index in [2.05, 4.69) is 10.4 Å². The number of aromatic nitrogens is 3. The lowest BCUT2D eigenvalue weighted by Gasteiger charge is -2.20. The van der Waals surface area contributed by atoms with E-state index in [1.165, 1.54) is 0 Å². The largest absolute Gasteiger partial charge is 0.452 e. The first-order valence-electron chi connectivity index (χ1n) is 11.9. The Morgan fingerprint density at radius 2 is 1.80 bits per heavy atom. The van der Waals surface area contributed by atoms with E-state index < -0.39 is 11.9 Å². The van der Waals surface area contributed by atoms with E-state index in [4.69, 9.17) is 9.72 Å². The van der Waals surface area contributed by atoms with Gasteiger partial charge in [-0.2, -0.15) is 5.10 Å². The molecule has 0 radical (unpaired) electrons. The number of hydrogen-bond acceptors (Lipinski definition) is 5. The smallest absolute Gasteiger partial charge is 0.339 e. The number of anilines is 1. The Labute approximate surface area is 204 Å². The monoisotopic (exact) mass is 468 g/mol. The van der Waals surface area contributed by atoms with Gasteiger partial charge >= 0.3 is 5.97 Å². The van der Waals surface area contributed by atoms with Gasteiger partial charge < -0.3 is 10.1 Å². The van der Waals surface area contributed by atoms with Gasteiger partial charge in [-0.1, -0.05) is 29.8 Å². The minimum atomic E-state index is -0.482. The lowest BCUT2D eigenvalue weighted by Crippen LogP contribution is -2.23. The maximum Gasteiger partial charge on any atom is 0.339 e. The molecule has 0 aliphatic heterocycles. The number of pyridine rings is 1. The van der Waals surface area contributed by atoms with E-state index >= 15 is 0 Å². The number of amides is 1. The second kappa shape index (κ2) is 9.33. The van der Waals surface area contributed by atoms with Crippen LogP contribution in [0.1, 0.15) is 51.4 Å². The Morgan fingerprint density at radius 3 is 2.60 bits per heavy atom. The van der Waals surface area contributed by atoms with Gasteiger partial charge in [-0.25, -0.2) is 9.48 Å². The number of rotatable bonds is 5. The van der Waals surface area contributed by atoms with Gasteiger partial charge in [0.25, 0.3) is 5.91 Å². The molecule has 0 saturated carbocycles. The summed E-state index contributed by atoms with van der Waals surface area (Å²) in [6.45, 7) is 5.35. The maximum absolute atomic E-state index is 13.3. The maximum atomic E-state index is 13.3. The average Bonchev–Trinajstić information content (AvgIpc) is 3.14. The third kappa shape index (κ3) is 4.41. The molecule has 178 valence electrons. The zero-order chi connectivity index (χ0) is 24.5. The molecular formula is C28H28N4O3. The Kier molecular flexibility index (Phi) is 6.07. The van der Waals surface area contributed by atoms with E-state index in [1.807, 2.05) is 69.3 Å². The van der Waals surface area contributed by atoms with Gasteiger partial charge in [0.15, 0.2) is 6.61 Å². The molecule has 1 aliphatic carbocycles. The molecule has 0 unspecified atom stereocenters. The number of hydrogen-bond donors (Lipinski definition) is 1. The molecule has 1 N–H and O–H groups in total. The SMILES string of the molecule is Cc1ccc2nc3c(c(C(=O)OCC(=O)Nc4c(C)nn(-c5ccccc5)c4C)c2c1)CCCC3.